The van der Waals surface area contributed by atoms with Gasteiger partial charge in [0.25, 0.3) is 0 Å². The van der Waals surface area contributed by atoms with E-state index in [0.717, 1.165) is 12.4 Å². The molecule has 0 spiro atoms. The third kappa shape index (κ3) is 3.54. The lowest BCUT2D eigenvalue weighted by molar-refractivity contribution is 0.589. The molecule has 1 aromatic rings. The summed E-state index contributed by atoms with van der Waals surface area (Å²) < 4.78 is 0. The monoisotopic (exact) mass is 206 g/mol. The highest BCUT2D eigenvalue weighted by atomic mass is 15.0. The molecule has 0 saturated heterocycles. The molecule has 1 heterocycles. The molecule has 0 bridgehead atoms. The molecule has 0 radical (unpaired) electrons. The number of pyridine rings is 1. The minimum atomic E-state index is 0.156. The van der Waals surface area contributed by atoms with E-state index in [-0.39, 0.29) is 5.41 Å². The zero-order valence-electron chi connectivity index (χ0n) is 10.3. The second-order valence-electron chi connectivity index (χ2n) is 4.93. The van der Waals surface area contributed by atoms with Crippen molar-refractivity contribution < 1.29 is 0 Å². The summed E-state index contributed by atoms with van der Waals surface area (Å²) in [4.78, 5) is 4.41. The first-order valence-electron chi connectivity index (χ1n) is 5.75. The van der Waals surface area contributed by atoms with Crippen molar-refractivity contribution in [3.05, 3.63) is 23.9 Å². The zero-order valence-corrected chi connectivity index (χ0v) is 10.3. The standard InChI is InChI=1S/C13H22N2/c1-5-6-9-14-12-11(13(2,3)4)8-7-10-15-12/h7-8,10H,5-6,9H2,1-4H3,(H,14,15). The molecular formula is C13H22N2. The lowest BCUT2D eigenvalue weighted by atomic mass is 9.87. The normalized spacial score (nSPS) is 11.5. The average Bonchev–Trinajstić information content (AvgIpc) is 2.17. The first-order valence-corrected chi connectivity index (χ1v) is 5.75. The number of nitrogens with one attached hydrogen (secondary N) is 1. The number of rotatable bonds is 4. The summed E-state index contributed by atoms with van der Waals surface area (Å²) in [5.74, 6) is 1.04. The van der Waals surface area contributed by atoms with E-state index in [9.17, 15) is 0 Å². The van der Waals surface area contributed by atoms with Crippen LogP contribution in [0, 0.1) is 0 Å². The van der Waals surface area contributed by atoms with Gasteiger partial charge in [-0.25, -0.2) is 4.98 Å². The van der Waals surface area contributed by atoms with Crippen LogP contribution in [0.3, 0.4) is 0 Å². The number of hydrogen-bond acceptors (Lipinski definition) is 2. The van der Waals surface area contributed by atoms with Gasteiger partial charge in [0.1, 0.15) is 5.82 Å². The van der Waals surface area contributed by atoms with E-state index in [0.29, 0.717) is 0 Å². The maximum atomic E-state index is 4.41. The molecule has 0 amide bonds. The molecule has 0 atom stereocenters. The fourth-order valence-corrected chi connectivity index (χ4v) is 1.53. The van der Waals surface area contributed by atoms with Crippen molar-refractivity contribution >= 4 is 5.82 Å². The number of unbranched alkanes of at least 4 members (excludes halogenated alkanes) is 1. The van der Waals surface area contributed by atoms with Crippen molar-refractivity contribution in [2.75, 3.05) is 11.9 Å². The first kappa shape index (κ1) is 12.0. The van der Waals surface area contributed by atoms with Gasteiger partial charge in [-0.2, -0.15) is 0 Å². The van der Waals surface area contributed by atoms with Crippen molar-refractivity contribution in [2.45, 2.75) is 46.0 Å². The summed E-state index contributed by atoms with van der Waals surface area (Å²) in [5.41, 5.74) is 1.45. The quantitative estimate of drug-likeness (QED) is 0.761. The molecule has 2 nitrogen and oxygen atoms in total. The summed E-state index contributed by atoms with van der Waals surface area (Å²) in [6.07, 6.45) is 4.26. The van der Waals surface area contributed by atoms with E-state index < -0.39 is 0 Å². The van der Waals surface area contributed by atoms with Gasteiger partial charge in [-0.1, -0.05) is 40.2 Å². The number of anilines is 1. The van der Waals surface area contributed by atoms with Gasteiger partial charge in [-0.15, -0.1) is 0 Å². The van der Waals surface area contributed by atoms with Crippen molar-refractivity contribution in [2.24, 2.45) is 0 Å². The fourth-order valence-electron chi connectivity index (χ4n) is 1.53. The lowest BCUT2D eigenvalue weighted by Gasteiger charge is -2.22. The second-order valence-corrected chi connectivity index (χ2v) is 4.93. The first-order chi connectivity index (χ1) is 7.05. The van der Waals surface area contributed by atoms with Crippen molar-refractivity contribution in [1.29, 1.82) is 0 Å². The van der Waals surface area contributed by atoms with E-state index in [1.807, 2.05) is 12.3 Å². The van der Waals surface area contributed by atoms with Gasteiger partial charge >= 0.3 is 0 Å². The Morgan fingerprint density at radius 2 is 2.07 bits per heavy atom. The fraction of sp³-hybridized carbons (Fsp3) is 0.615. The number of aromatic nitrogens is 1. The van der Waals surface area contributed by atoms with Crippen LogP contribution in [0.25, 0.3) is 0 Å². The maximum Gasteiger partial charge on any atom is 0.129 e. The van der Waals surface area contributed by atoms with Crippen molar-refractivity contribution in [3.63, 3.8) is 0 Å². The van der Waals surface area contributed by atoms with Crippen LogP contribution < -0.4 is 5.32 Å². The van der Waals surface area contributed by atoms with E-state index >= 15 is 0 Å². The molecule has 0 saturated carbocycles. The maximum absolute atomic E-state index is 4.41. The molecule has 84 valence electrons. The SMILES string of the molecule is CCCCNc1ncccc1C(C)(C)C. The summed E-state index contributed by atoms with van der Waals surface area (Å²) in [6, 6.07) is 4.16. The Kier molecular flexibility index (Phi) is 4.13. The Bertz CT molecular complexity index is 300. The predicted octanol–water partition coefficient (Wildman–Crippen LogP) is 3.59. The second kappa shape index (κ2) is 5.15. The Hall–Kier alpha value is -1.05. The predicted molar refractivity (Wildman–Crippen MR) is 66.3 cm³/mol. The zero-order chi connectivity index (χ0) is 11.3. The molecule has 1 rings (SSSR count). The Balaban J connectivity index is 2.78. The van der Waals surface area contributed by atoms with Crippen LogP contribution in [0.1, 0.15) is 46.1 Å². The van der Waals surface area contributed by atoms with Crippen molar-refractivity contribution in [3.8, 4) is 0 Å². The summed E-state index contributed by atoms with van der Waals surface area (Å²) in [6.45, 7) is 9.86. The summed E-state index contributed by atoms with van der Waals surface area (Å²) in [7, 11) is 0. The minimum Gasteiger partial charge on any atom is -0.370 e. The average molecular weight is 206 g/mol. The van der Waals surface area contributed by atoms with Crippen LogP contribution in [0.5, 0.6) is 0 Å². The molecule has 15 heavy (non-hydrogen) atoms. The Morgan fingerprint density at radius 3 is 2.67 bits per heavy atom. The van der Waals surface area contributed by atoms with Gasteiger partial charge in [0, 0.05) is 12.7 Å². The van der Waals surface area contributed by atoms with Crippen LogP contribution in [0.2, 0.25) is 0 Å². The third-order valence-corrected chi connectivity index (χ3v) is 2.44. The lowest BCUT2D eigenvalue weighted by Crippen LogP contribution is -2.16. The minimum absolute atomic E-state index is 0.156. The number of hydrogen-bond donors (Lipinski definition) is 1. The van der Waals surface area contributed by atoms with Crippen LogP contribution >= 0.6 is 0 Å². The van der Waals surface area contributed by atoms with Crippen LogP contribution in [-0.4, -0.2) is 11.5 Å². The molecule has 1 N–H and O–H groups in total. The summed E-state index contributed by atoms with van der Waals surface area (Å²) in [5, 5.41) is 3.41. The van der Waals surface area contributed by atoms with Crippen LogP contribution in [0.15, 0.2) is 18.3 Å². The topological polar surface area (TPSA) is 24.9 Å². The Morgan fingerprint density at radius 1 is 1.33 bits per heavy atom. The molecule has 0 aliphatic rings. The molecule has 1 aromatic heterocycles. The van der Waals surface area contributed by atoms with Crippen LogP contribution in [0.4, 0.5) is 5.82 Å². The van der Waals surface area contributed by atoms with Gasteiger partial charge in [-0.3, -0.25) is 0 Å². The molecule has 0 aliphatic carbocycles. The molecule has 0 fully saturated rings. The smallest absolute Gasteiger partial charge is 0.129 e. The van der Waals surface area contributed by atoms with Crippen molar-refractivity contribution in [1.82, 2.24) is 4.98 Å². The van der Waals surface area contributed by atoms with Gasteiger partial charge < -0.3 is 5.32 Å². The van der Waals surface area contributed by atoms with Gasteiger partial charge in [0.2, 0.25) is 0 Å². The van der Waals surface area contributed by atoms with E-state index in [2.05, 4.69) is 44.1 Å². The van der Waals surface area contributed by atoms with E-state index in [1.165, 1.54) is 18.4 Å². The van der Waals surface area contributed by atoms with Gasteiger partial charge in [-0.05, 0) is 23.5 Å². The third-order valence-electron chi connectivity index (χ3n) is 2.44. The highest BCUT2D eigenvalue weighted by Crippen LogP contribution is 2.27. The molecule has 0 unspecified atom stereocenters. The van der Waals surface area contributed by atoms with Crippen LogP contribution in [-0.2, 0) is 5.41 Å². The van der Waals surface area contributed by atoms with Gasteiger partial charge in [0.05, 0.1) is 0 Å². The molecule has 0 aromatic carbocycles. The van der Waals surface area contributed by atoms with Gasteiger partial charge in [0.15, 0.2) is 0 Å². The number of nitrogens with zero attached hydrogens (tertiary/aromatic N) is 1. The molecule has 2 heteroatoms. The molecule has 0 aliphatic heterocycles. The van der Waals surface area contributed by atoms with E-state index in [4.69, 9.17) is 0 Å². The summed E-state index contributed by atoms with van der Waals surface area (Å²) >= 11 is 0. The highest BCUT2D eigenvalue weighted by Gasteiger charge is 2.17. The molecular weight excluding hydrogens is 184 g/mol. The van der Waals surface area contributed by atoms with E-state index in [1.54, 1.807) is 0 Å². The largest absolute Gasteiger partial charge is 0.370 e. The highest BCUT2D eigenvalue weighted by molar-refractivity contribution is 5.47. The Labute approximate surface area is 93.1 Å².